The minimum atomic E-state index is 0. The maximum Gasteiger partial charge on any atom is 2.00 e. The van der Waals surface area contributed by atoms with Gasteiger partial charge in [0.2, 0.25) is 0 Å². The molecule has 0 aliphatic heterocycles. The third-order valence-corrected chi connectivity index (χ3v) is 0.250. The van der Waals surface area contributed by atoms with Crippen LogP contribution in [0.4, 0.5) is 0 Å². The van der Waals surface area contributed by atoms with Gasteiger partial charge in [0.25, 0.3) is 0 Å². The van der Waals surface area contributed by atoms with Gasteiger partial charge in [0.15, 0.2) is 0 Å². The second-order valence-electron chi connectivity index (χ2n) is 1.000. The molecule has 0 spiro atoms. The maximum absolute atomic E-state index is 6.26. The molecule has 0 atom stereocenters. The van der Waals surface area contributed by atoms with E-state index in [0.717, 1.165) is 0 Å². The van der Waals surface area contributed by atoms with Crippen LogP contribution in [-0.4, -0.2) is 37.1 Å². The smallest absolute Gasteiger partial charge is 0.679 e. The molecule has 0 heterocycles. The Hall–Kier alpha value is 0.254. The molecule has 0 aliphatic rings. The van der Waals surface area contributed by atoms with Crippen LogP contribution in [0.2, 0.25) is 0 Å². The zero-order valence-corrected chi connectivity index (χ0v) is 7.13. The molecule has 0 saturated carbocycles. The molecular weight excluding hydrogens is 195 g/mol. The first kappa shape index (κ1) is 30.3. The predicted octanol–water partition coefficient (Wildman–Crippen LogP) is 0.530. The average Bonchev–Trinajstić information content (AvgIpc) is 1.88. The van der Waals surface area contributed by atoms with Crippen LogP contribution in [0.1, 0.15) is 0 Å². The summed E-state index contributed by atoms with van der Waals surface area (Å²) in [6, 6.07) is 0. The van der Waals surface area contributed by atoms with Crippen LogP contribution in [0.5, 0.6) is 0 Å². The molecule has 0 aromatic rings. The van der Waals surface area contributed by atoms with E-state index < -0.39 is 0 Å². The molecular formula is C4H16N4NiO2-2. The molecule has 0 aliphatic carbocycles. The second-order valence-corrected chi connectivity index (χ2v) is 1.000. The van der Waals surface area contributed by atoms with Crippen molar-refractivity contribution in [1.29, 1.82) is 0 Å². The minimum Gasteiger partial charge on any atom is -0.679 e. The first-order chi connectivity index (χ1) is 3.83. The fourth-order valence-electron chi connectivity index (χ4n) is 0. The van der Waals surface area contributed by atoms with Gasteiger partial charge in [-0.05, 0) is 0 Å². The minimum absolute atomic E-state index is 0. The van der Waals surface area contributed by atoms with Gasteiger partial charge >= 0.3 is 16.5 Å². The van der Waals surface area contributed by atoms with Crippen molar-refractivity contribution in [2.75, 3.05) is 26.2 Å². The van der Waals surface area contributed by atoms with E-state index in [4.69, 9.17) is 22.9 Å². The average molecular weight is 211 g/mol. The number of hydrogen-bond donors (Lipinski definition) is 0. The third-order valence-electron chi connectivity index (χ3n) is 0.250. The molecule has 0 rings (SSSR count). The fraction of sp³-hybridized carbons (Fsp3) is 1.00. The van der Waals surface area contributed by atoms with E-state index in [1.807, 2.05) is 0 Å². The predicted molar refractivity (Wildman–Crippen MR) is 44.0 cm³/mol. The number of hydrogen-bond acceptors (Lipinski definition) is 0. The van der Waals surface area contributed by atoms with E-state index in [1.54, 1.807) is 0 Å². The van der Waals surface area contributed by atoms with Gasteiger partial charge in [-0.1, -0.05) is 0 Å². The van der Waals surface area contributed by atoms with E-state index in [9.17, 15) is 0 Å². The van der Waals surface area contributed by atoms with Crippen molar-refractivity contribution in [2.24, 2.45) is 0 Å². The van der Waals surface area contributed by atoms with E-state index in [1.165, 1.54) is 0 Å². The van der Waals surface area contributed by atoms with Crippen molar-refractivity contribution in [1.82, 2.24) is 0 Å². The molecule has 0 saturated heterocycles. The Morgan fingerprint density at radius 2 is 0.636 bits per heavy atom. The van der Waals surface area contributed by atoms with Crippen molar-refractivity contribution in [2.45, 2.75) is 0 Å². The van der Waals surface area contributed by atoms with E-state index in [2.05, 4.69) is 0 Å². The summed E-state index contributed by atoms with van der Waals surface area (Å²) in [4.78, 5) is 0. The zero-order valence-electron chi connectivity index (χ0n) is 6.14. The summed E-state index contributed by atoms with van der Waals surface area (Å²) in [6.45, 7) is 0.944. The van der Waals surface area contributed by atoms with Crippen LogP contribution in [0.15, 0.2) is 0 Å². The van der Waals surface area contributed by atoms with Crippen molar-refractivity contribution in [3.8, 4) is 0 Å². The molecule has 11 heavy (non-hydrogen) atoms. The van der Waals surface area contributed by atoms with E-state index >= 15 is 0 Å². The van der Waals surface area contributed by atoms with Gasteiger partial charge in [0.05, 0.1) is 0 Å². The Morgan fingerprint density at radius 1 is 0.545 bits per heavy atom. The van der Waals surface area contributed by atoms with Crippen molar-refractivity contribution < 1.29 is 27.4 Å². The van der Waals surface area contributed by atoms with Crippen LogP contribution >= 0.6 is 0 Å². The van der Waals surface area contributed by atoms with Gasteiger partial charge in [-0.15, -0.1) is 0 Å². The molecule has 76 valence electrons. The van der Waals surface area contributed by atoms with Gasteiger partial charge in [-0.3, -0.25) is 0 Å². The Bertz CT molecular complexity index is 28.1. The number of nitrogens with one attached hydrogen (secondary N) is 4. The fourth-order valence-corrected chi connectivity index (χ4v) is 0. The quantitative estimate of drug-likeness (QED) is 0.583. The molecule has 0 aromatic heterocycles. The molecule has 0 aromatic carbocycles. The Labute approximate surface area is 77.2 Å². The van der Waals surface area contributed by atoms with Crippen LogP contribution in [-0.2, 0) is 16.5 Å². The first-order valence-corrected chi connectivity index (χ1v) is 2.41. The maximum atomic E-state index is 6.26. The third kappa shape index (κ3) is 138. The van der Waals surface area contributed by atoms with Gasteiger partial charge in [0, 0.05) is 0 Å². The molecule has 0 amide bonds. The molecule has 6 nitrogen and oxygen atoms in total. The SMILES string of the molecule is O.O.[NH-]CC[NH-].[NH-]CC[NH-].[Ni+2]. The Kier molecular flexibility index (Phi) is 133. The summed E-state index contributed by atoms with van der Waals surface area (Å²) in [5, 5.41) is 0. The Balaban J connectivity index is -0.0000000171. The van der Waals surface area contributed by atoms with Crippen LogP contribution in [0.3, 0.4) is 0 Å². The summed E-state index contributed by atoms with van der Waals surface area (Å²) in [7, 11) is 0. The van der Waals surface area contributed by atoms with Crippen molar-refractivity contribution in [3.05, 3.63) is 22.9 Å². The monoisotopic (exact) mass is 210 g/mol. The number of rotatable bonds is 2. The molecule has 0 fully saturated rings. The van der Waals surface area contributed by atoms with Gasteiger partial charge in [-0.2, -0.15) is 26.2 Å². The summed E-state index contributed by atoms with van der Waals surface area (Å²) in [6.07, 6.45) is 0. The van der Waals surface area contributed by atoms with Gasteiger partial charge in [-0.25, -0.2) is 0 Å². The van der Waals surface area contributed by atoms with Crippen LogP contribution < -0.4 is 0 Å². The summed E-state index contributed by atoms with van der Waals surface area (Å²) < 4.78 is 0. The van der Waals surface area contributed by atoms with E-state index in [-0.39, 0.29) is 53.6 Å². The van der Waals surface area contributed by atoms with Gasteiger partial charge < -0.3 is 33.9 Å². The van der Waals surface area contributed by atoms with Crippen LogP contribution in [0.25, 0.3) is 22.9 Å². The molecule has 0 radical (unpaired) electrons. The Morgan fingerprint density at radius 3 is 0.636 bits per heavy atom. The second kappa shape index (κ2) is 48.5. The van der Waals surface area contributed by atoms with Crippen molar-refractivity contribution >= 4 is 0 Å². The van der Waals surface area contributed by atoms with Gasteiger partial charge in [0.1, 0.15) is 0 Å². The van der Waals surface area contributed by atoms with Crippen LogP contribution in [0, 0.1) is 0 Å². The molecule has 0 bridgehead atoms. The largest absolute Gasteiger partial charge is 2.00 e. The summed E-state index contributed by atoms with van der Waals surface area (Å²) >= 11 is 0. The topological polar surface area (TPSA) is 158 Å². The summed E-state index contributed by atoms with van der Waals surface area (Å²) in [5.41, 5.74) is 25.1. The molecule has 7 heteroatoms. The van der Waals surface area contributed by atoms with Crippen molar-refractivity contribution in [3.63, 3.8) is 0 Å². The summed E-state index contributed by atoms with van der Waals surface area (Å²) in [5.74, 6) is 0. The standard InChI is InChI=1S/2C2H6N2.Ni.2H2O/c2*3-1-2-4;;;/h2*3-4H,1-2H2;;2*1H2/q2*-2;+2;;. The normalized spacial score (nSPS) is 5.45. The molecule has 0 unspecified atom stereocenters. The molecule has 8 N–H and O–H groups in total. The first-order valence-electron chi connectivity index (χ1n) is 2.41. The zero-order chi connectivity index (χ0) is 6.83. The van der Waals surface area contributed by atoms with E-state index in [0.29, 0.717) is 0 Å².